The van der Waals surface area contributed by atoms with E-state index >= 15 is 0 Å². The van der Waals surface area contributed by atoms with Crippen molar-refractivity contribution in [3.63, 3.8) is 0 Å². The number of aromatic nitrogens is 1. The van der Waals surface area contributed by atoms with Crippen molar-refractivity contribution in [1.29, 1.82) is 0 Å². The molecule has 0 unspecified atom stereocenters. The SMILES string of the molecule is O=C1NC(c2cccc(OC(F)(F)F)c2)=NC12CCN(S(=O)(=O)C=Cc1cccc3cnccc13)CC2. The number of benzene rings is 2. The predicted octanol–water partition coefficient (Wildman–Crippen LogP) is 3.85. The van der Waals surface area contributed by atoms with Crippen molar-refractivity contribution in [1.82, 2.24) is 14.6 Å². The standard InChI is InChI=1S/C25H21F3N4O4S/c26-25(27,28)36-20-6-2-4-18(15-20)22-30-23(33)24(31-22)9-12-32(13-10-24)37(34,35)14-8-17-3-1-5-19-16-29-11-7-21(17)19/h1-8,11,14-16H,9-10,12-13H2,(H,30,31,33). The second-order valence-electron chi connectivity index (χ2n) is 8.71. The summed E-state index contributed by atoms with van der Waals surface area (Å²) in [6.07, 6.45) is 0.294. The van der Waals surface area contributed by atoms with E-state index in [9.17, 15) is 26.4 Å². The summed E-state index contributed by atoms with van der Waals surface area (Å²) in [5.74, 6) is -0.723. The molecule has 2 aliphatic rings. The smallest absolute Gasteiger partial charge is 0.406 e. The van der Waals surface area contributed by atoms with Gasteiger partial charge in [-0.25, -0.2) is 8.42 Å². The largest absolute Gasteiger partial charge is 0.573 e. The van der Waals surface area contributed by atoms with Crippen molar-refractivity contribution < 1.29 is 31.1 Å². The average molecular weight is 531 g/mol. The molecular formula is C25H21F3N4O4S. The number of aliphatic imine (C=N–C) groups is 1. The minimum absolute atomic E-state index is 0.0631. The van der Waals surface area contributed by atoms with Gasteiger partial charge in [0.25, 0.3) is 5.91 Å². The topological polar surface area (TPSA) is 101 Å². The first-order valence-electron chi connectivity index (χ1n) is 11.3. The molecule has 1 aromatic heterocycles. The van der Waals surface area contributed by atoms with Crippen molar-refractivity contribution in [2.24, 2.45) is 4.99 Å². The zero-order chi connectivity index (χ0) is 26.3. The number of carbonyl (C=O) groups excluding carboxylic acids is 1. The van der Waals surface area contributed by atoms with Gasteiger partial charge in [0.15, 0.2) is 0 Å². The van der Waals surface area contributed by atoms with Crippen LogP contribution in [0, 0.1) is 0 Å². The van der Waals surface area contributed by atoms with Crippen LogP contribution in [0.5, 0.6) is 5.75 Å². The fourth-order valence-electron chi connectivity index (χ4n) is 4.48. The summed E-state index contributed by atoms with van der Waals surface area (Å²) in [4.78, 5) is 21.4. The molecule has 1 saturated heterocycles. The van der Waals surface area contributed by atoms with E-state index in [0.29, 0.717) is 0 Å². The summed E-state index contributed by atoms with van der Waals surface area (Å²) in [6.45, 7) is 0.126. The number of halogens is 3. The number of carbonyl (C=O) groups is 1. The molecule has 1 spiro atoms. The first-order valence-corrected chi connectivity index (χ1v) is 12.8. The van der Waals surface area contributed by atoms with E-state index in [1.165, 1.54) is 22.5 Å². The fourth-order valence-corrected chi connectivity index (χ4v) is 5.66. The van der Waals surface area contributed by atoms with Gasteiger partial charge in [0.1, 0.15) is 17.1 Å². The van der Waals surface area contributed by atoms with E-state index in [2.05, 4.69) is 20.0 Å². The van der Waals surface area contributed by atoms with Crippen LogP contribution < -0.4 is 10.1 Å². The van der Waals surface area contributed by atoms with Gasteiger partial charge in [-0.1, -0.05) is 30.3 Å². The fraction of sp³-hybridized carbons (Fsp3) is 0.240. The summed E-state index contributed by atoms with van der Waals surface area (Å²) >= 11 is 0. The summed E-state index contributed by atoms with van der Waals surface area (Å²) < 4.78 is 68.9. The van der Waals surface area contributed by atoms with E-state index in [1.54, 1.807) is 12.4 Å². The summed E-state index contributed by atoms with van der Waals surface area (Å²) in [6, 6.07) is 12.5. The van der Waals surface area contributed by atoms with Crippen LogP contribution in [-0.2, 0) is 14.8 Å². The maximum atomic E-state index is 13.0. The third kappa shape index (κ3) is 5.20. The number of nitrogens with one attached hydrogen (secondary N) is 1. The molecule has 37 heavy (non-hydrogen) atoms. The molecule has 2 aromatic carbocycles. The number of alkyl halides is 3. The maximum absolute atomic E-state index is 13.0. The maximum Gasteiger partial charge on any atom is 0.573 e. The van der Waals surface area contributed by atoms with Crippen LogP contribution in [0.2, 0.25) is 0 Å². The van der Waals surface area contributed by atoms with E-state index in [1.807, 2.05) is 24.3 Å². The number of rotatable bonds is 5. The Morgan fingerprint density at radius 3 is 2.59 bits per heavy atom. The van der Waals surface area contributed by atoms with Crippen LogP contribution in [-0.4, -0.2) is 54.4 Å². The van der Waals surface area contributed by atoms with Gasteiger partial charge < -0.3 is 10.1 Å². The molecule has 5 rings (SSSR count). The first kappa shape index (κ1) is 24.9. The monoisotopic (exact) mass is 530 g/mol. The molecule has 1 N–H and O–H groups in total. The lowest BCUT2D eigenvalue weighted by Gasteiger charge is -2.34. The Labute approximate surface area is 210 Å². The Morgan fingerprint density at radius 1 is 1.08 bits per heavy atom. The lowest BCUT2D eigenvalue weighted by molar-refractivity contribution is -0.274. The first-order chi connectivity index (χ1) is 17.5. The predicted molar refractivity (Wildman–Crippen MR) is 131 cm³/mol. The molecule has 0 radical (unpaired) electrons. The highest BCUT2D eigenvalue weighted by Gasteiger charge is 2.47. The number of sulfonamides is 1. The van der Waals surface area contributed by atoms with Crippen LogP contribution in [0.15, 0.2) is 71.3 Å². The third-order valence-electron chi connectivity index (χ3n) is 6.36. The zero-order valence-corrected chi connectivity index (χ0v) is 20.1. The Kier molecular flexibility index (Phi) is 6.24. The molecule has 0 aliphatic carbocycles. The number of amidine groups is 1. The van der Waals surface area contributed by atoms with Crippen molar-refractivity contribution in [3.8, 4) is 5.75 Å². The van der Waals surface area contributed by atoms with Gasteiger partial charge in [0, 0.05) is 41.8 Å². The number of nitrogens with zero attached hydrogens (tertiary/aromatic N) is 3. The van der Waals surface area contributed by atoms with Crippen LogP contribution in [0.3, 0.4) is 0 Å². The van der Waals surface area contributed by atoms with Gasteiger partial charge in [-0.3, -0.25) is 14.8 Å². The van der Waals surface area contributed by atoms with E-state index < -0.39 is 33.6 Å². The van der Waals surface area contributed by atoms with Gasteiger partial charge in [0.2, 0.25) is 10.0 Å². The Bertz CT molecular complexity index is 1520. The number of amides is 1. The summed E-state index contributed by atoms with van der Waals surface area (Å²) in [5, 5.41) is 5.53. The van der Waals surface area contributed by atoms with Gasteiger partial charge >= 0.3 is 6.36 Å². The van der Waals surface area contributed by atoms with Gasteiger partial charge in [-0.2, -0.15) is 4.31 Å². The minimum Gasteiger partial charge on any atom is -0.406 e. The minimum atomic E-state index is -4.85. The molecule has 0 bridgehead atoms. The van der Waals surface area contributed by atoms with E-state index in [-0.39, 0.29) is 37.3 Å². The number of piperidine rings is 1. The lowest BCUT2D eigenvalue weighted by atomic mass is 9.89. The van der Waals surface area contributed by atoms with Crippen LogP contribution in [0.4, 0.5) is 13.2 Å². The number of ether oxygens (including phenoxy) is 1. The quantitative estimate of drug-likeness (QED) is 0.540. The van der Waals surface area contributed by atoms with E-state index in [0.717, 1.165) is 33.9 Å². The van der Waals surface area contributed by atoms with Gasteiger partial charge in [-0.05, 0) is 48.1 Å². The Balaban J connectivity index is 1.31. The van der Waals surface area contributed by atoms with Gasteiger partial charge in [0.05, 0.1) is 0 Å². The van der Waals surface area contributed by atoms with Crippen LogP contribution in [0.25, 0.3) is 16.8 Å². The molecule has 0 atom stereocenters. The molecule has 0 saturated carbocycles. The molecule has 192 valence electrons. The Morgan fingerprint density at radius 2 is 1.84 bits per heavy atom. The summed E-state index contributed by atoms with van der Waals surface area (Å²) in [5.41, 5.74) is -0.192. The zero-order valence-electron chi connectivity index (χ0n) is 19.3. The normalized spacial score (nSPS) is 18.4. The molecule has 8 nitrogen and oxygen atoms in total. The molecule has 3 heterocycles. The number of hydrogen-bond acceptors (Lipinski definition) is 6. The molecule has 3 aromatic rings. The van der Waals surface area contributed by atoms with E-state index in [4.69, 9.17) is 0 Å². The molecule has 1 fully saturated rings. The van der Waals surface area contributed by atoms with Crippen molar-refractivity contribution in [3.05, 3.63) is 77.5 Å². The molecule has 2 aliphatic heterocycles. The number of pyridine rings is 1. The lowest BCUT2D eigenvalue weighted by Crippen LogP contribution is -2.50. The number of fused-ring (bicyclic) bond motifs is 1. The van der Waals surface area contributed by atoms with Gasteiger partial charge in [-0.15, -0.1) is 13.2 Å². The molecule has 1 amide bonds. The Hall–Kier alpha value is -3.77. The van der Waals surface area contributed by atoms with Crippen molar-refractivity contribution in [2.75, 3.05) is 13.1 Å². The van der Waals surface area contributed by atoms with Crippen molar-refractivity contribution >= 4 is 38.6 Å². The highest BCUT2D eigenvalue weighted by atomic mass is 32.2. The van der Waals surface area contributed by atoms with Crippen LogP contribution >= 0.6 is 0 Å². The second-order valence-corrected chi connectivity index (χ2v) is 10.5. The average Bonchev–Trinajstić information content (AvgIpc) is 3.17. The van der Waals surface area contributed by atoms with Crippen LogP contribution in [0.1, 0.15) is 24.0 Å². The third-order valence-corrected chi connectivity index (χ3v) is 7.93. The highest BCUT2D eigenvalue weighted by molar-refractivity contribution is 7.92. The highest BCUT2D eigenvalue weighted by Crippen LogP contribution is 2.33. The number of hydrogen-bond donors (Lipinski definition) is 1. The molecule has 12 heteroatoms. The second kappa shape index (κ2) is 9.27. The van der Waals surface area contributed by atoms with Crippen molar-refractivity contribution in [2.45, 2.75) is 24.7 Å². The molecular weight excluding hydrogens is 509 g/mol. The summed E-state index contributed by atoms with van der Waals surface area (Å²) in [7, 11) is -3.77.